The molecule has 2 heteroatoms. The molecule has 3 rings (SSSR count). The zero-order valence-electron chi connectivity index (χ0n) is 25.6. The van der Waals surface area contributed by atoms with Crippen molar-refractivity contribution in [2.75, 3.05) is 12.0 Å². The highest BCUT2D eigenvalue weighted by Crippen LogP contribution is 2.43. The summed E-state index contributed by atoms with van der Waals surface area (Å²) in [7, 11) is 1.72. The van der Waals surface area contributed by atoms with Crippen LogP contribution in [-0.2, 0) is 0 Å². The molecule has 2 nitrogen and oxygen atoms in total. The van der Waals surface area contributed by atoms with Crippen molar-refractivity contribution in [3.63, 3.8) is 0 Å². The molecule has 0 bridgehead atoms. The average Bonchev–Trinajstić information content (AvgIpc) is 2.77. The Kier molecular flexibility index (Phi) is 7.64. The summed E-state index contributed by atoms with van der Waals surface area (Å²) < 4.78 is 5.49. The molecule has 0 amide bonds. The molecule has 0 fully saturated rings. The van der Waals surface area contributed by atoms with Crippen LogP contribution in [0.25, 0.3) is 0 Å². The molecule has 2 aliphatic rings. The largest absolute Gasteiger partial charge is 0.497 e. The van der Waals surface area contributed by atoms with Crippen molar-refractivity contribution in [2.45, 2.75) is 89.5 Å². The molecule has 1 aromatic rings. The standard InChI is InChI=1S/C35H48NO/c1-32(2,3)24-18-25(33(4,5)6)21-29(20-24)36(28-14-16-31(37-13)17-15-28)30-22-26(34(7,8)9)19-27(23-30)35(10,11)12/h14-17,20-22H,23H2,1-13H3/q+1. The van der Waals surface area contributed by atoms with Gasteiger partial charge in [-0.2, -0.15) is 0 Å². The van der Waals surface area contributed by atoms with Crippen molar-refractivity contribution in [1.29, 1.82) is 0 Å². The minimum Gasteiger partial charge on any atom is -0.497 e. The minimum atomic E-state index is -0.0184. The number of ether oxygens (including phenoxy) is 1. The van der Waals surface area contributed by atoms with Crippen LogP contribution in [0.15, 0.2) is 81.9 Å². The van der Waals surface area contributed by atoms with E-state index in [1.807, 2.05) is 0 Å². The van der Waals surface area contributed by atoms with Gasteiger partial charge in [0.1, 0.15) is 16.9 Å². The fraction of sp³-hybridized carbons (Fsp3) is 0.514. The van der Waals surface area contributed by atoms with Crippen molar-refractivity contribution in [1.82, 2.24) is 0 Å². The molecule has 0 aliphatic heterocycles. The van der Waals surface area contributed by atoms with Crippen LogP contribution in [0.3, 0.4) is 0 Å². The number of nitrogens with zero attached hydrogens (tertiary/aromatic N) is 1. The summed E-state index contributed by atoms with van der Waals surface area (Å²) in [5.41, 5.74) is 12.4. The first kappa shape index (κ1) is 28.8. The number of benzene rings is 1. The molecule has 0 radical (unpaired) electrons. The van der Waals surface area contributed by atoms with Crippen LogP contribution in [0, 0.1) is 27.7 Å². The Morgan fingerprint density at radius 2 is 1.32 bits per heavy atom. The Morgan fingerprint density at radius 3 is 1.78 bits per heavy atom. The summed E-state index contributed by atoms with van der Waals surface area (Å²) in [4.78, 5) is 2.44. The summed E-state index contributed by atoms with van der Waals surface area (Å²) in [5.74, 6) is 0.860. The highest BCUT2D eigenvalue weighted by atomic mass is 16.5. The molecule has 1 aromatic carbocycles. The third-order valence-electron chi connectivity index (χ3n) is 7.01. The van der Waals surface area contributed by atoms with Crippen LogP contribution < -0.4 is 9.64 Å². The van der Waals surface area contributed by atoms with Crippen molar-refractivity contribution in [2.24, 2.45) is 21.7 Å². The van der Waals surface area contributed by atoms with E-state index in [9.17, 15) is 0 Å². The number of allylic oxidation sites excluding steroid dienone is 7. The van der Waals surface area contributed by atoms with Crippen LogP contribution in [0.1, 0.15) is 89.5 Å². The van der Waals surface area contributed by atoms with Crippen LogP contribution in [-0.4, -0.2) is 7.11 Å². The smallest absolute Gasteiger partial charge is 0.160 e. The number of anilines is 1. The van der Waals surface area contributed by atoms with Crippen molar-refractivity contribution in [3.05, 3.63) is 88.0 Å². The van der Waals surface area contributed by atoms with E-state index < -0.39 is 0 Å². The summed E-state index contributed by atoms with van der Waals surface area (Å²) in [6.45, 7) is 27.3. The first-order valence-electron chi connectivity index (χ1n) is 13.5. The van der Waals surface area contributed by atoms with Crippen LogP contribution in [0.2, 0.25) is 0 Å². The average molecular weight is 499 g/mol. The number of hydrogen-bond acceptors (Lipinski definition) is 2. The molecule has 0 unspecified atom stereocenters. The number of methoxy groups -OCH3 is 1. The van der Waals surface area contributed by atoms with Crippen molar-refractivity contribution >= 4 is 5.69 Å². The predicted octanol–water partition coefficient (Wildman–Crippen LogP) is 9.98. The normalized spacial score (nSPS) is 17.0. The van der Waals surface area contributed by atoms with E-state index in [0.29, 0.717) is 0 Å². The lowest BCUT2D eigenvalue weighted by Gasteiger charge is -2.34. The van der Waals surface area contributed by atoms with Gasteiger partial charge >= 0.3 is 0 Å². The van der Waals surface area contributed by atoms with Crippen LogP contribution >= 0.6 is 0 Å². The second-order valence-corrected chi connectivity index (χ2v) is 14.5. The van der Waals surface area contributed by atoms with Gasteiger partial charge in [-0.25, -0.2) is 0 Å². The molecular weight excluding hydrogens is 450 g/mol. The van der Waals surface area contributed by atoms with Crippen molar-refractivity contribution < 1.29 is 4.74 Å². The first-order chi connectivity index (χ1) is 16.8. The van der Waals surface area contributed by atoms with E-state index >= 15 is 0 Å². The number of hydrogen-bond donors (Lipinski definition) is 0. The van der Waals surface area contributed by atoms with E-state index in [4.69, 9.17) is 4.74 Å². The van der Waals surface area contributed by atoms with Gasteiger partial charge < -0.3 is 4.74 Å². The second-order valence-electron chi connectivity index (χ2n) is 14.5. The highest BCUT2D eigenvalue weighted by molar-refractivity contribution is 5.66. The van der Waals surface area contributed by atoms with E-state index in [1.165, 1.54) is 33.7 Å². The maximum atomic E-state index is 5.49. The highest BCUT2D eigenvalue weighted by Gasteiger charge is 2.36. The molecule has 198 valence electrons. The van der Waals surface area contributed by atoms with Gasteiger partial charge in [0.05, 0.1) is 19.3 Å². The molecule has 0 spiro atoms. The molecule has 0 saturated carbocycles. The molecule has 0 atom stereocenters. The van der Waals surface area contributed by atoms with Crippen molar-refractivity contribution in [3.8, 4) is 5.75 Å². The van der Waals surface area contributed by atoms with Crippen LogP contribution in [0.4, 0.5) is 5.69 Å². The topological polar surface area (TPSA) is 12.5 Å². The van der Waals surface area contributed by atoms with Gasteiger partial charge in [-0.05, 0) is 46.7 Å². The minimum absolute atomic E-state index is 0.00858. The molecule has 0 heterocycles. The van der Waals surface area contributed by atoms with Gasteiger partial charge in [0, 0.05) is 40.3 Å². The number of rotatable bonds is 4. The van der Waals surface area contributed by atoms with E-state index in [0.717, 1.165) is 17.9 Å². The Hall–Kier alpha value is -2.79. The molecular formula is C35H48NO+. The van der Waals surface area contributed by atoms with Gasteiger partial charge in [0.15, 0.2) is 5.70 Å². The summed E-state index contributed by atoms with van der Waals surface area (Å²) >= 11 is 0. The lowest BCUT2D eigenvalue weighted by Crippen LogP contribution is -2.28. The Morgan fingerprint density at radius 1 is 0.730 bits per heavy atom. The molecule has 37 heavy (non-hydrogen) atoms. The summed E-state index contributed by atoms with van der Waals surface area (Å²) in [6.07, 6.45) is 11.6. The van der Waals surface area contributed by atoms with E-state index in [-0.39, 0.29) is 21.7 Å². The lowest BCUT2D eigenvalue weighted by molar-refractivity contribution is 0.415. The third kappa shape index (κ3) is 6.75. The second kappa shape index (κ2) is 9.83. The van der Waals surface area contributed by atoms with Crippen LogP contribution in [0.5, 0.6) is 5.75 Å². The molecule has 2 aliphatic carbocycles. The molecule has 0 aromatic heterocycles. The van der Waals surface area contributed by atoms with Gasteiger partial charge in [-0.1, -0.05) is 83.1 Å². The predicted molar refractivity (Wildman–Crippen MR) is 159 cm³/mol. The van der Waals surface area contributed by atoms with Gasteiger partial charge in [-0.3, -0.25) is 4.90 Å². The zero-order chi connectivity index (χ0) is 28.0. The Labute approximate surface area is 227 Å². The monoisotopic (exact) mass is 498 g/mol. The zero-order valence-corrected chi connectivity index (χ0v) is 25.6. The van der Waals surface area contributed by atoms with E-state index in [1.54, 1.807) is 7.11 Å². The SMILES string of the molecule is COc1ccc(N(C2=CC(C(C)(C)C)=[C+]C(C(C)(C)C)=C2)C2=CC(C(C)(C)C)=C=C(C(C)(C)C)C2)cc1. The lowest BCUT2D eigenvalue weighted by atomic mass is 9.76. The summed E-state index contributed by atoms with van der Waals surface area (Å²) in [6, 6.07) is 8.44. The fourth-order valence-corrected chi connectivity index (χ4v) is 4.35. The summed E-state index contributed by atoms with van der Waals surface area (Å²) in [5, 5.41) is 0. The Bertz CT molecular complexity index is 1200. The third-order valence-corrected chi connectivity index (χ3v) is 7.01. The van der Waals surface area contributed by atoms with E-state index in [2.05, 4.69) is 142 Å². The fourth-order valence-electron chi connectivity index (χ4n) is 4.35. The molecule has 0 saturated heterocycles. The first-order valence-corrected chi connectivity index (χ1v) is 13.5. The van der Waals surface area contributed by atoms with Gasteiger partial charge in [0.2, 0.25) is 0 Å². The Balaban J connectivity index is 2.30. The maximum absolute atomic E-state index is 5.49. The maximum Gasteiger partial charge on any atom is 0.160 e. The molecule has 0 N–H and O–H groups in total. The quantitative estimate of drug-likeness (QED) is 0.302. The van der Waals surface area contributed by atoms with Gasteiger partial charge in [0.25, 0.3) is 0 Å². The van der Waals surface area contributed by atoms with Gasteiger partial charge in [-0.15, -0.1) is 5.73 Å².